The topological polar surface area (TPSA) is 105 Å². The maximum atomic E-state index is 11.9. The molecule has 0 aromatic rings. The molecule has 0 bridgehead atoms. The first-order valence-corrected chi connectivity index (χ1v) is 8.23. The van der Waals surface area contributed by atoms with Gasteiger partial charge in [-0.1, -0.05) is 25.6 Å². The Bertz CT molecular complexity index is 350. The van der Waals surface area contributed by atoms with E-state index >= 15 is 0 Å². The molecule has 0 aliphatic carbocycles. The Morgan fingerprint density at radius 3 is 2.60 bits per heavy atom. The molecule has 0 rings (SSSR count). The van der Waals surface area contributed by atoms with Crippen molar-refractivity contribution >= 4 is 31.2 Å². The van der Waals surface area contributed by atoms with Gasteiger partial charge in [0.15, 0.2) is 5.12 Å². The Morgan fingerprint density at radius 2 is 2.05 bits per heavy atom. The summed E-state index contributed by atoms with van der Waals surface area (Å²) < 4.78 is 19.2. The van der Waals surface area contributed by atoms with Crippen LogP contribution in [0.4, 0.5) is 4.79 Å². The van der Waals surface area contributed by atoms with Crippen molar-refractivity contribution in [3.8, 4) is 0 Å². The van der Waals surface area contributed by atoms with Crippen LogP contribution < -0.4 is 10.2 Å². The highest BCUT2D eigenvalue weighted by molar-refractivity contribution is 8.13. The maximum absolute atomic E-state index is 11.9. The number of nitrogens with one attached hydrogen (secondary N) is 1. The minimum absolute atomic E-state index is 0.0216. The average Bonchev–Trinajstić information content (AvgIpc) is 2.34. The van der Waals surface area contributed by atoms with Crippen LogP contribution in [-0.4, -0.2) is 36.7 Å². The van der Waals surface area contributed by atoms with Crippen LogP contribution in [0.5, 0.6) is 0 Å². The summed E-state index contributed by atoms with van der Waals surface area (Å²) >= 11 is 1.02. The second-order valence-electron chi connectivity index (χ2n) is 4.47. The van der Waals surface area contributed by atoms with E-state index in [9.17, 15) is 19.0 Å². The second kappa shape index (κ2) is 10.1. The summed E-state index contributed by atoms with van der Waals surface area (Å²) in [4.78, 5) is 33.2. The zero-order valence-corrected chi connectivity index (χ0v) is 13.6. The molecule has 0 fully saturated rings. The van der Waals surface area contributed by atoms with E-state index in [0.717, 1.165) is 11.8 Å². The molecular weight excluding hydrogens is 305 g/mol. The lowest BCUT2D eigenvalue weighted by Crippen LogP contribution is -2.31. The van der Waals surface area contributed by atoms with Crippen LogP contribution in [0.2, 0.25) is 0 Å². The third-order valence-corrected chi connectivity index (χ3v) is 3.94. The van der Waals surface area contributed by atoms with Crippen molar-refractivity contribution < 1.29 is 28.3 Å². The van der Waals surface area contributed by atoms with Gasteiger partial charge in [0.2, 0.25) is 0 Å². The third kappa shape index (κ3) is 9.25. The van der Waals surface area contributed by atoms with Gasteiger partial charge < -0.3 is 14.9 Å². The maximum Gasteiger partial charge on any atom is 0.488 e. The summed E-state index contributed by atoms with van der Waals surface area (Å²) in [6.45, 7) is 5.86. The van der Waals surface area contributed by atoms with Crippen molar-refractivity contribution in [1.82, 2.24) is 5.32 Å². The number of rotatable bonds is 9. The number of hydrogen-bond acceptors (Lipinski definition) is 7. The number of hydrogen-bond donors (Lipinski definition) is 1. The van der Waals surface area contributed by atoms with Gasteiger partial charge in [-0.25, -0.2) is 4.79 Å². The lowest BCUT2D eigenvalue weighted by molar-refractivity contribution is -0.185. The normalized spacial score (nSPS) is 11.9. The lowest BCUT2D eigenvalue weighted by atomic mass is 9.91. The number of thioether (sulfide) groups is 1. The lowest BCUT2D eigenvalue weighted by Gasteiger charge is -2.22. The van der Waals surface area contributed by atoms with Crippen molar-refractivity contribution in [1.29, 1.82) is 0 Å². The number of carbonyl (C=O) groups is 2. The summed E-state index contributed by atoms with van der Waals surface area (Å²) in [5.74, 6) is 0.275. The molecule has 1 N–H and O–H groups in total. The SMILES string of the molecule is CCOC(=O)NCCC(C)(C)C(=O)SCCO[P+](=O)[O-]. The van der Waals surface area contributed by atoms with Crippen LogP contribution >= 0.6 is 20.0 Å². The molecule has 0 aromatic carbocycles. The van der Waals surface area contributed by atoms with Gasteiger partial charge in [0.05, 0.1) is 6.61 Å². The molecule has 1 amide bonds. The van der Waals surface area contributed by atoms with Crippen molar-refractivity contribution in [2.24, 2.45) is 5.41 Å². The highest BCUT2D eigenvalue weighted by Crippen LogP contribution is 2.27. The van der Waals surface area contributed by atoms with Crippen molar-refractivity contribution in [2.75, 3.05) is 25.5 Å². The molecule has 0 radical (unpaired) electrons. The van der Waals surface area contributed by atoms with Gasteiger partial charge >= 0.3 is 14.3 Å². The molecule has 0 saturated carbocycles. The Labute approximate surface area is 123 Å². The van der Waals surface area contributed by atoms with Crippen molar-refractivity contribution in [3.05, 3.63) is 0 Å². The van der Waals surface area contributed by atoms with Crippen molar-refractivity contribution in [3.63, 3.8) is 0 Å². The van der Waals surface area contributed by atoms with E-state index in [1.807, 2.05) is 0 Å². The largest absolute Gasteiger partial charge is 0.566 e. The number of alkyl carbamates (subject to hydrolysis) is 1. The smallest absolute Gasteiger partial charge is 0.488 e. The molecule has 116 valence electrons. The Morgan fingerprint density at radius 1 is 1.40 bits per heavy atom. The standard InChI is InChI=1S/C11H20NO6PS/c1-4-17-10(14)12-6-5-11(2,3)9(13)20-8-7-18-19(15)16/h4-8H2,1-3H3,(H,12,14). The minimum atomic E-state index is -2.87. The van der Waals surface area contributed by atoms with Gasteiger partial charge in [-0.05, 0) is 17.9 Å². The van der Waals surface area contributed by atoms with E-state index in [-0.39, 0.29) is 17.5 Å². The van der Waals surface area contributed by atoms with E-state index < -0.39 is 19.8 Å². The molecule has 0 aromatic heterocycles. The Kier molecular flexibility index (Phi) is 9.75. The van der Waals surface area contributed by atoms with Crippen LogP contribution in [0, 0.1) is 5.41 Å². The summed E-state index contributed by atoms with van der Waals surface area (Å²) in [5, 5.41) is 2.47. The summed E-state index contributed by atoms with van der Waals surface area (Å²) in [7, 11) is -2.87. The summed E-state index contributed by atoms with van der Waals surface area (Å²) in [6, 6.07) is 0. The quantitative estimate of drug-likeness (QED) is 0.505. The average molecular weight is 325 g/mol. The van der Waals surface area contributed by atoms with Gasteiger partial charge in [-0.3, -0.25) is 4.79 Å². The predicted octanol–water partition coefficient (Wildman–Crippen LogP) is 1.44. The zero-order valence-electron chi connectivity index (χ0n) is 11.8. The Balaban J connectivity index is 3.93. The molecule has 0 saturated heterocycles. The second-order valence-corrected chi connectivity index (χ2v) is 6.25. The Hall–Kier alpha value is -0.690. The van der Waals surface area contributed by atoms with Crippen LogP contribution in [-0.2, 0) is 18.6 Å². The van der Waals surface area contributed by atoms with Gasteiger partial charge in [0.25, 0.3) is 0 Å². The van der Waals surface area contributed by atoms with E-state index in [1.54, 1.807) is 20.8 Å². The fraction of sp³-hybridized carbons (Fsp3) is 0.818. The van der Waals surface area contributed by atoms with Gasteiger partial charge in [0, 0.05) is 17.7 Å². The molecule has 9 heteroatoms. The van der Waals surface area contributed by atoms with Gasteiger partial charge in [-0.2, -0.15) is 0 Å². The molecule has 7 nitrogen and oxygen atoms in total. The van der Waals surface area contributed by atoms with E-state index in [2.05, 4.69) is 9.84 Å². The molecule has 1 atom stereocenters. The highest BCUT2D eigenvalue weighted by atomic mass is 32.2. The van der Waals surface area contributed by atoms with E-state index in [0.29, 0.717) is 19.6 Å². The summed E-state index contributed by atoms with van der Waals surface area (Å²) in [5.41, 5.74) is -0.621. The number of amides is 1. The molecule has 20 heavy (non-hydrogen) atoms. The minimum Gasteiger partial charge on any atom is -0.566 e. The molecule has 0 spiro atoms. The van der Waals surface area contributed by atoms with E-state index in [4.69, 9.17) is 4.74 Å². The number of carbonyl (C=O) groups excluding carboxylic acids is 2. The van der Waals surface area contributed by atoms with Gasteiger partial charge in [0.1, 0.15) is 6.61 Å². The van der Waals surface area contributed by atoms with Crippen LogP contribution in [0.3, 0.4) is 0 Å². The monoisotopic (exact) mass is 325 g/mol. The third-order valence-electron chi connectivity index (χ3n) is 2.36. The fourth-order valence-corrected chi connectivity index (χ4v) is 2.41. The van der Waals surface area contributed by atoms with Crippen molar-refractivity contribution in [2.45, 2.75) is 27.2 Å². The molecule has 0 heterocycles. The number of ether oxygens (including phenoxy) is 1. The molecule has 0 aliphatic heterocycles. The summed E-state index contributed by atoms with van der Waals surface area (Å²) in [6.07, 6.45) is -0.0371. The van der Waals surface area contributed by atoms with Gasteiger partial charge in [-0.15, -0.1) is 4.52 Å². The fourth-order valence-electron chi connectivity index (χ4n) is 1.20. The first kappa shape index (κ1) is 19.3. The molecule has 0 aliphatic rings. The highest BCUT2D eigenvalue weighted by Gasteiger charge is 2.27. The van der Waals surface area contributed by atoms with Crippen LogP contribution in [0.1, 0.15) is 27.2 Å². The zero-order chi connectivity index (χ0) is 15.6. The van der Waals surface area contributed by atoms with Crippen LogP contribution in [0.25, 0.3) is 0 Å². The van der Waals surface area contributed by atoms with E-state index in [1.165, 1.54) is 0 Å². The predicted molar refractivity (Wildman–Crippen MR) is 74.4 cm³/mol. The molecular formula is C11H20NO6PS. The molecule has 1 unspecified atom stereocenters. The first-order chi connectivity index (χ1) is 9.29. The van der Waals surface area contributed by atoms with Crippen LogP contribution in [0.15, 0.2) is 0 Å². The first-order valence-electron chi connectivity index (χ1n) is 6.14.